The number of aromatic hydroxyl groups is 1. The highest BCUT2D eigenvalue weighted by atomic mass is 35.5. The SMILES string of the molecule is O=C(OC(Cc1cc(Cl)c(O)c(Cl)c1)C(=O)N1CCN(C2CCNCC2)CC1)N1CCC(N2CCc3ccccc3NC2=O)CC1. The number of urea groups is 1. The molecule has 1 unspecified atom stereocenters. The number of carbonyl (C=O) groups is 3. The molecule has 13 heteroatoms. The molecule has 4 heterocycles. The molecule has 4 amide bonds. The molecule has 3 fully saturated rings. The molecule has 1 atom stereocenters. The van der Waals surface area contributed by atoms with Crippen LogP contribution in [0, 0.1) is 0 Å². The number of carbonyl (C=O) groups excluding carboxylic acids is 3. The minimum atomic E-state index is -1.08. The summed E-state index contributed by atoms with van der Waals surface area (Å²) in [5, 5.41) is 16.6. The third-order valence-electron chi connectivity index (χ3n) is 9.77. The molecular formula is C33H42Cl2N6O5. The first kappa shape index (κ1) is 32.7. The fraction of sp³-hybridized carbons (Fsp3) is 0.545. The Bertz CT molecular complexity index is 1400. The lowest BCUT2D eigenvalue weighted by atomic mass is 10.0. The number of halogens is 2. The Morgan fingerprint density at radius 1 is 0.891 bits per heavy atom. The summed E-state index contributed by atoms with van der Waals surface area (Å²) < 4.78 is 5.96. The monoisotopic (exact) mass is 672 g/mol. The highest BCUT2D eigenvalue weighted by Gasteiger charge is 2.36. The Hall–Kier alpha value is -3.25. The van der Waals surface area contributed by atoms with Crippen LogP contribution in [0.4, 0.5) is 15.3 Å². The average Bonchev–Trinajstić information content (AvgIpc) is 3.25. The van der Waals surface area contributed by atoms with Crippen LogP contribution in [0.25, 0.3) is 0 Å². The summed E-state index contributed by atoms with van der Waals surface area (Å²) in [5.74, 6) is -0.486. The summed E-state index contributed by atoms with van der Waals surface area (Å²) in [4.78, 5) is 48.2. The van der Waals surface area contributed by atoms with Crippen molar-refractivity contribution in [3.8, 4) is 5.75 Å². The lowest BCUT2D eigenvalue weighted by Gasteiger charge is -2.41. The van der Waals surface area contributed by atoms with E-state index in [4.69, 9.17) is 27.9 Å². The van der Waals surface area contributed by atoms with Gasteiger partial charge in [0.05, 0.1) is 10.0 Å². The minimum absolute atomic E-state index is 0.00619. The van der Waals surface area contributed by atoms with Crippen molar-refractivity contribution in [1.82, 2.24) is 24.9 Å². The number of para-hydroxylation sites is 1. The fourth-order valence-corrected chi connectivity index (χ4v) is 7.64. The van der Waals surface area contributed by atoms with Crippen LogP contribution >= 0.6 is 23.2 Å². The van der Waals surface area contributed by atoms with Gasteiger partial charge in [0.15, 0.2) is 11.9 Å². The van der Waals surface area contributed by atoms with Gasteiger partial charge in [-0.3, -0.25) is 9.69 Å². The Labute approximate surface area is 279 Å². The first-order chi connectivity index (χ1) is 22.3. The Morgan fingerprint density at radius 3 is 2.26 bits per heavy atom. The standard InChI is InChI=1S/C33H42Cl2N6O5/c34-26-19-22(20-27(35)30(26)42)21-29(31(43)39-17-15-38(16-18-39)24-5-10-36-11-6-24)46-33(45)40-12-8-25(9-13-40)41-14-7-23-3-1-2-4-28(23)37-32(41)44/h1-4,19-20,24-25,29,36,42H,5-18,21H2,(H,37,44). The van der Waals surface area contributed by atoms with E-state index in [9.17, 15) is 19.5 Å². The van der Waals surface area contributed by atoms with Crippen LogP contribution in [0.15, 0.2) is 36.4 Å². The predicted molar refractivity (Wildman–Crippen MR) is 177 cm³/mol. The zero-order valence-corrected chi connectivity index (χ0v) is 27.4. The van der Waals surface area contributed by atoms with Crippen LogP contribution in [0.3, 0.4) is 0 Å². The minimum Gasteiger partial charge on any atom is -0.505 e. The molecule has 0 spiro atoms. The summed E-state index contributed by atoms with van der Waals surface area (Å²) in [5.41, 5.74) is 2.54. The van der Waals surface area contributed by atoms with Gasteiger partial charge in [-0.25, -0.2) is 9.59 Å². The second-order valence-electron chi connectivity index (χ2n) is 12.6. The Kier molecular flexibility index (Phi) is 10.4. The van der Waals surface area contributed by atoms with Crippen LogP contribution in [0.2, 0.25) is 10.0 Å². The van der Waals surface area contributed by atoms with Crippen molar-refractivity contribution in [3.63, 3.8) is 0 Å². The van der Waals surface area contributed by atoms with Crippen molar-refractivity contribution < 1.29 is 24.2 Å². The molecule has 0 saturated carbocycles. The average molecular weight is 674 g/mol. The summed E-state index contributed by atoms with van der Waals surface area (Å²) in [7, 11) is 0. The summed E-state index contributed by atoms with van der Waals surface area (Å²) in [6.45, 7) is 6.11. The van der Waals surface area contributed by atoms with Crippen LogP contribution in [-0.4, -0.2) is 120 Å². The van der Waals surface area contributed by atoms with Gasteiger partial charge in [-0.2, -0.15) is 0 Å². The van der Waals surface area contributed by atoms with E-state index in [0.29, 0.717) is 57.2 Å². The number of benzene rings is 2. The normalized spacial score (nSPS) is 20.9. The third-order valence-corrected chi connectivity index (χ3v) is 10.3. The molecule has 0 radical (unpaired) electrons. The number of ether oxygens (including phenoxy) is 1. The number of fused-ring (bicyclic) bond motifs is 1. The number of phenolic OH excluding ortho intramolecular Hbond substituents is 1. The Balaban J connectivity index is 1.09. The molecular weight excluding hydrogens is 631 g/mol. The number of piperidine rings is 2. The van der Waals surface area contributed by atoms with Crippen LogP contribution in [-0.2, 0) is 22.4 Å². The number of amides is 4. The maximum atomic E-state index is 13.9. The molecule has 3 saturated heterocycles. The zero-order chi connectivity index (χ0) is 32.2. The molecule has 46 heavy (non-hydrogen) atoms. The molecule has 2 aromatic rings. The number of anilines is 1. The zero-order valence-electron chi connectivity index (χ0n) is 25.9. The molecule has 4 aliphatic heterocycles. The maximum Gasteiger partial charge on any atom is 0.410 e. The van der Waals surface area contributed by atoms with Crippen molar-refractivity contribution in [2.45, 2.75) is 56.7 Å². The molecule has 4 aliphatic rings. The fourth-order valence-electron chi connectivity index (χ4n) is 7.11. The number of nitrogens with one attached hydrogen (secondary N) is 2. The molecule has 3 N–H and O–H groups in total. The van der Waals surface area contributed by atoms with E-state index in [0.717, 1.165) is 56.7 Å². The molecule has 248 valence electrons. The van der Waals surface area contributed by atoms with Gasteiger partial charge in [-0.05, 0) is 74.5 Å². The van der Waals surface area contributed by atoms with E-state index in [1.807, 2.05) is 29.2 Å². The summed E-state index contributed by atoms with van der Waals surface area (Å²) in [6.07, 6.45) is 2.61. The largest absolute Gasteiger partial charge is 0.505 e. The molecule has 2 aromatic carbocycles. The van der Waals surface area contributed by atoms with E-state index in [2.05, 4.69) is 15.5 Å². The molecule has 11 nitrogen and oxygen atoms in total. The number of phenols is 1. The highest BCUT2D eigenvalue weighted by Crippen LogP contribution is 2.33. The summed E-state index contributed by atoms with van der Waals surface area (Å²) >= 11 is 12.4. The van der Waals surface area contributed by atoms with E-state index < -0.39 is 12.2 Å². The number of likely N-dealkylation sites (tertiary alicyclic amines) is 1. The van der Waals surface area contributed by atoms with E-state index in [1.54, 1.807) is 21.9 Å². The van der Waals surface area contributed by atoms with Gasteiger partial charge in [-0.15, -0.1) is 0 Å². The van der Waals surface area contributed by atoms with Crippen molar-refractivity contribution in [2.24, 2.45) is 0 Å². The maximum absolute atomic E-state index is 13.9. The molecule has 0 aliphatic carbocycles. The first-order valence-corrected chi connectivity index (χ1v) is 17.0. The molecule has 0 aromatic heterocycles. The van der Waals surface area contributed by atoms with Crippen molar-refractivity contribution >= 4 is 46.9 Å². The summed E-state index contributed by atoms with van der Waals surface area (Å²) in [6, 6.07) is 11.3. The lowest BCUT2D eigenvalue weighted by molar-refractivity contribution is -0.143. The topological polar surface area (TPSA) is 118 Å². The van der Waals surface area contributed by atoms with Gasteiger partial charge in [0.2, 0.25) is 0 Å². The number of hydrogen-bond donors (Lipinski definition) is 3. The van der Waals surface area contributed by atoms with Crippen molar-refractivity contribution in [2.75, 3.05) is 64.2 Å². The number of rotatable bonds is 6. The lowest BCUT2D eigenvalue weighted by Crippen LogP contribution is -2.56. The second-order valence-corrected chi connectivity index (χ2v) is 13.4. The second kappa shape index (κ2) is 14.7. The van der Waals surface area contributed by atoms with Crippen LogP contribution < -0.4 is 10.6 Å². The van der Waals surface area contributed by atoms with Gasteiger partial charge in [0, 0.05) is 70.0 Å². The van der Waals surface area contributed by atoms with Crippen LogP contribution in [0.5, 0.6) is 5.75 Å². The quantitative estimate of drug-likeness (QED) is 0.421. The van der Waals surface area contributed by atoms with Gasteiger partial charge in [0.25, 0.3) is 5.91 Å². The van der Waals surface area contributed by atoms with Crippen molar-refractivity contribution in [3.05, 3.63) is 57.6 Å². The first-order valence-electron chi connectivity index (χ1n) is 16.3. The number of piperazine rings is 1. The van der Waals surface area contributed by atoms with Crippen LogP contribution in [0.1, 0.15) is 36.8 Å². The highest BCUT2D eigenvalue weighted by molar-refractivity contribution is 6.37. The van der Waals surface area contributed by atoms with Gasteiger partial charge in [0.1, 0.15) is 0 Å². The third kappa shape index (κ3) is 7.48. The van der Waals surface area contributed by atoms with Crippen molar-refractivity contribution in [1.29, 1.82) is 0 Å². The smallest absolute Gasteiger partial charge is 0.410 e. The molecule has 0 bridgehead atoms. The Morgan fingerprint density at radius 2 is 1.57 bits per heavy atom. The van der Waals surface area contributed by atoms with E-state index >= 15 is 0 Å². The van der Waals surface area contributed by atoms with E-state index in [-0.39, 0.29) is 40.2 Å². The number of hydrogen-bond acceptors (Lipinski definition) is 7. The number of nitrogens with zero attached hydrogens (tertiary/aromatic N) is 4. The predicted octanol–water partition coefficient (Wildman–Crippen LogP) is 4.20. The van der Waals surface area contributed by atoms with E-state index in [1.165, 1.54) is 0 Å². The van der Waals surface area contributed by atoms with Gasteiger partial charge >= 0.3 is 12.1 Å². The van der Waals surface area contributed by atoms with Gasteiger partial charge in [-0.1, -0.05) is 41.4 Å². The van der Waals surface area contributed by atoms with Gasteiger partial charge < -0.3 is 35.2 Å². The molecule has 6 rings (SSSR count).